The van der Waals surface area contributed by atoms with Crippen LogP contribution in [0.5, 0.6) is 0 Å². The van der Waals surface area contributed by atoms with Crippen molar-refractivity contribution in [1.82, 2.24) is 10.2 Å². The van der Waals surface area contributed by atoms with E-state index in [2.05, 4.69) is 5.32 Å². The van der Waals surface area contributed by atoms with Gasteiger partial charge in [-0.05, 0) is 61.1 Å². The molecule has 3 saturated heterocycles. The molecule has 14 nitrogen and oxygen atoms in total. The first kappa shape index (κ1) is 41.7. The minimum atomic E-state index is -3.26. The number of aliphatic hydroxyl groups is 1. The number of primary amides is 1. The number of carbonyl (C=O) groups excluding carboxylic acids is 5. The Hall–Kier alpha value is -1.44. The number of alkyl carbamates (subject to hydrolysis) is 1. The molecule has 0 spiro atoms. The van der Waals surface area contributed by atoms with Crippen molar-refractivity contribution in [3.8, 4) is 0 Å². The van der Waals surface area contributed by atoms with Gasteiger partial charge in [0.1, 0.15) is 29.7 Å². The third kappa shape index (κ3) is 8.48. The van der Waals surface area contributed by atoms with Crippen molar-refractivity contribution in [3.05, 3.63) is 0 Å². The number of ether oxygens (including phenoxy) is 5. The zero-order valence-corrected chi connectivity index (χ0v) is 33.6. The van der Waals surface area contributed by atoms with Gasteiger partial charge in [-0.15, -0.1) is 0 Å². The molecule has 16 heteroatoms. The van der Waals surface area contributed by atoms with Crippen LogP contribution in [0.25, 0.3) is 0 Å². The molecule has 13 atom stereocenters. The van der Waals surface area contributed by atoms with E-state index < -0.39 is 101 Å². The molecule has 0 unspecified atom stereocenters. The second-order valence-electron chi connectivity index (χ2n) is 13.8. The monoisotopic (exact) mass is 886 g/mol. The van der Waals surface area contributed by atoms with Gasteiger partial charge in [-0.1, -0.05) is 27.7 Å². The molecule has 3 aliphatic rings. The summed E-state index contributed by atoms with van der Waals surface area (Å²) in [4.78, 5) is 67.9. The first-order valence-corrected chi connectivity index (χ1v) is 15.7. The summed E-state index contributed by atoms with van der Waals surface area (Å²) in [6, 6.07) is -1.45. The topological polar surface area (TPSA) is 193 Å². The number of alkyl halides is 1. The van der Waals surface area contributed by atoms with Gasteiger partial charge in [-0.3, -0.25) is 9.59 Å². The van der Waals surface area contributed by atoms with Crippen molar-refractivity contribution in [3.63, 3.8) is 0 Å². The number of halogens is 1. The maximum Gasteiger partial charge on any atom is 0.408 e. The van der Waals surface area contributed by atoms with Crippen molar-refractivity contribution in [2.24, 2.45) is 23.5 Å². The predicted molar refractivity (Wildman–Crippen MR) is 160 cm³/mol. The fraction of sp³-hybridized carbons (Fsp3) is 0.839. The van der Waals surface area contributed by atoms with Crippen LogP contribution >= 0.6 is 0 Å². The van der Waals surface area contributed by atoms with Gasteiger partial charge in [0.2, 0.25) is 0 Å². The first-order valence-electron chi connectivity index (χ1n) is 15.7. The van der Waals surface area contributed by atoms with Crippen molar-refractivity contribution in [2.75, 3.05) is 14.1 Å². The molecule has 4 N–H and O–H groups in total. The molecular weight excluding hydrogens is 836 g/mol. The van der Waals surface area contributed by atoms with Gasteiger partial charge >= 0.3 is 18.2 Å². The summed E-state index contributed by atoms with van der Waals surface area (Å²) in [5.41, 5.74) is -1.27. The number of rotatable bonds is 5. The number of aliphatic hydroxyl groups excluding tert-OH is 1. The van der Waals surface area contributed by atoms with Crippen LogP contribution in [0.2, 0.25) is 0 Å². The summed E-state index contributed by atoms with van der Waals surface area (Å²) in [6.07, 6.45) is -7.79. The van der Waals surface area contributed by atoms with Crippen LogP contribution in [0.15, 0.2) is 0 Å². The van der Waals surface area contributed by atoms with E-state index in [0.717, 1.165) is 6.92 Å². The normalized spacial score (nSPS) is 43.5. The number of nitrogens with one attached hydrogen (secondary N) is 1. The fourth-order valence-corrected chi connectivity index (χ4v) is 7.32. The Morgan fingerprint density at radius 2 is 1.70 bits per heavy atom. The van der Waals surface area contributed by atoms with Crippen LogP contribution in [-0.4, -0.2) is 113 Å². The molecule has 0 aliphatic carbocycles. The third-order valence-corrected chi connectivity index (χ3v) is 9.82. The number of carbonyl (C=O) groups is 5. The quantitative estimate of drug-likeness (QED) is 0.207. The number of Topliss-reactive ketones (excluding diaryl/α,β-unsaturated/α-hetero) is 2. The van der Waals surface area contributed by atoms with Crippen LogP contribution in [0.3, 0.4) is 0 Å². The maximum atomic E-state index is 16.4. The van der Waals surface area contributed by atoms with Gasteiger partial charge in [-0.25, -0.2) is 18.8 Å². The summed E-state index contributed by atoms with van der Waals surface area (Å²) >= 11 is 0. The van der Waals surface area contributed by atoms with Gasteiger partial charge in [0.05, 0.1) is 12.1 Å². The Balaban J connectivity index is 0.00000768. The number of likely N-dealkylation sites (N-methyl/N-ethyl adjacent to an activating group) is 1. The van der Waals surface area contributed by atoms with Gasteiger partial charge in [0.25, 0.3) is 5.67 Å². The molecule has 0 aromatic carbocycles. The number of hydrogen-bond donors (Lipinski definition) is 3. The predicted octanol–water partition coefficient (Wildman–Crippen LogP) is 2.02. The number of fused-ring (bicyclic) bond motifs is 1. The number of cyclic esters (lactones) is 1. The number of nitrogens with zero attached hydrogens (tertiary/aromatic N) is 1. The number of hydrogen-bond acceptors (Lipinski definition) is 12. The van der Waals surface area contributed by atoms with E-state index in [4.69, 9.17) is 29.4 Å². The molecule has 3 rings (SSSR count). The molecule has 3 heterocycles. The Morgan fingerprint density at radius 3 is 2.23 bits per heavy atom. The SMILES string of the molecule is CC[C@H]1OC(=O)[C@@](C)(F)C(=O)[C@H](C)[C@@H](O[C@@H]2O[C@H](C)C[C@H](N(C)C)[C@H]2O)[C@](C)(OC(N)=O)C[C@@H](C)C(=O)[C@H](C)[C@H]2NC(=O)O[C@@]21C.[Ac]. The molecule has 0 bridgehead atoms. The van der Waals surface area contributed by atoms with Crippen molar-refractivity contribution in [1.29, 1.82) is 0 Å². The molecule has 0 aromatic rings. The molecule has 265 valence electrons. The second kappa shape index (κ2) is 15.6. The van der Waals surface area contributed by atoms with Crippen molar-refractivity contribution < 1.29 is 101 Å². The van der Waals surface area contributed by atoms with Crippen molar-refractivity contribution in [2.45, 2.75) is 134 Å². The largest absolute Gasteiger partial charge is 0.455 e. The Labute approximate surface area is 311 Å². The molecule has 3 fully saturated rings. The van der Waals surface area contributed by atoms with E-state index >= 15 is 4.39 Å². The smallest absolute Gasteiger partial charge is 0.408 e. The zero-order chi connectivity index (χ0) is 35.1. The Kier molecular flexibility index (Phi) is 13.9. The van der Waals surface area contributed by atoms with Gasteiger partial charge in [0, 0.05) is 67.9 Å². The van der Waals surface area contributed by atoms with Crippen LogP contribution in [0.4, 0.5) is 14.0 Å². The fourth-order valence-electron chi connectivity index (χ4n) is 7.32. The summed E-state index contributed by atoms with van der Waals surface area (Å²) in [7, 11) is 3.52. The van der Waals surface area contributed by atoms with Gasteiger partial charge < -0.3 is 44.7 Å². The number of nitrogens with two attached hydrogens (primary N) is 1. The van der Waals surface area contributed by atoms with Gasteiger partial charge in [0.15, 0.2) is 17.7 Å². The Bertz CT molecular complexity index is 1210. The van der Waals surface area contributed by atoms with E-state index in [9.17, 15) is 29.1 Å². The Morgan fingerprint density at radius 1 is 1.11 bits per heavy atom. The molecule has 0 saturated carbocycles. The van der Waals surface area contributed by atoms with E-state index in [-0.39, 0.29) is 62.7 Å². The molecular formula is C31H50AcFN3O11. The standard InChI is InChI=1S/C31H50FN3O11.Ac/c1-11-19-31(8)22(34-28(41)46-31)16(4)20(36)14(2)13-29(6,45-27(33)40)24(17(5)23(38)30(7,32)26(39)43-19)44-25-21(37)18(35(9)10)12-15(3)42-25;/h14-19,21-22,24-25,37H,11-13H2,1-10H3,(H2,33,40)(H,34,41);/t14-,15-,16+,17+,18+,19-,21-,22-,24-,25+,29-,30+,31-;/m1./s1. The van der Waals surface area contributed by atoms with E-state index in [1.165, 1.54) is 20.8 Å². The molecule has 2 amide bonds. The zero-order valence-electron chi connectivity index (χ0n) is 28.9. The third-order valence-electron chi connectivity index (χ3n) is 9.82. The summed E-state index contributed by atoms with van der Waals surface area (Å²) in [6.45, 7) is 11.4. The van der Waals surface area contributed by atoms with Crippen molar-refractivity contribution >= 4 is 29.7 Å². The minimum absolute atomic E-state index is 0. The van der Waals surface area contributed by atoms with Crippen LogP contribution in [0.1, 0.15) is 74.7 Å². The van der Waals surface area contributed by atoms with E-state index in [1.54, 1.807) is 46.7 Å². The van der Waals surface area contributed by atoms with Gasteiger partial charge in [-0.2, -0.15) is 0 Å². The minimum Gasteiger partial charge on any atom is -0.455 e. The van der Waals surface area contributed by atoms with E-state index in [0.29, 0.717) is 6.42 Å². The maximum absolute atomic E-state index is 16.4. The summed E-state index contributed by atoms with van der Waals surface area (Å²) in [5.74, 6) is -6.61. The molecule has 47 heavy (non-hydrogen) atoms. The average molecular weight is 887 g/mol. The number of esters is 1. The average Bonchev–Trinajstić information content (AvgIpc) is 3.27. The van der Waals surface area contributed by atoms with Crippen LogP contribution in [0, 0.1) is 61.8 Å². The number of ketones is 2. The first-order chi connectivity index (χ1) is 21.1. The molecule has 1 radical (unpaired) electrons. The second-order valence-corrected chi connectivity index (χ2v) is 13.8. The van der Waals surface area contributed by atoms with E-state index in [1.807, 2.05) is 0 Å². The molecule has 3 aliphatic heterocycles. The van der Waals surface area contributed by atoms with Crippen LogP contribution in [-0.2, 0) is 38.1 Å². The molecule has 0 aromatic heterocycles. The number of amides is 2. The summed E-state index contributed by atoms with van der Waals surface area (Å²) in [5, 5.41) is 13.9. The van der Waals surface area contributed by atoms with Crippen LogP contribution < -0.4 is 11.1 Å². The summed E-state index contributed by atoms with van der Waals surface area (Å²) < 4.78 is 45.3.